The molecule has 0 unspecified atom stereocenters. The van der Waals surface area contributed by atoms with Gasteiger partial charge in [0, 0.05) is 18.5 Å². The number of nitrogens with one attached hydrogen (secondary N) is 2. The molecule has 3 rings (SSSR count). The number of carbonyl (C=O) groups excluding carboxylic acids is 1. The van der Waals surface area contributed by atoms with Gasteiger partial charge in [0.05, 0.1) is 17.1 Å². The number of fused-ring (bicyclic) bond motifs is 1. The van der Waals surface area contributed by atoms with Gasteiger partial charge in [-0.2, -0.15) is 0 Å². The Balaban J connectivity index is 1.76. The van der Waals surface area contributed by atoms with E-state index in [2.05, 4.69) is 4.72 Å². The number of hydrogen-bond acceptors (Lipinski definition) is 4. The van der Waals surface area contributed by atoms with Crippen LogP contribution in [0.3, 0.4) is 0 Å². The van der Waals surface area contributed by atoms with E-state index in [-0.39, 0.29) is 17.5 Å². The quantitative estimate of drug-likeness (QED) is 0.407. The van der Waals surface area contributed by atoms with Crippen LogP contribution in [0.25, 0.3) is 0 Å². The van der Waals surface area contributed by atoms with Crippen LogP contribution in [0.2, 0.25) is 0 Å². The van der Waals surface area contributed by atoms with Crippen LogP contribution in [0.15, 0.2) is 42.5 Å². The summed E-state index contributed by atoms with van der Waals surface area (Å²) in [7, 11) is -3.46. The number of rotatable bonds is 9. The largest absolute Gasteiger partial charge is 0.384 e. The van der Waals surface area contributed by atoms with E-state index in [0.29, 0.717) is 42.7 Å². The van der Waals surface area contributed by atoms with Gasteiger partial charge in [-0.3, -0.25) is 14.9 Å². The number of unbranched alkanes of at least 4 members (excludes halogenated alkanes) is 1. The van der Waals surface area contributed by atoms with Gasteiger partial charge in [-0.1, -0.05) is 49.7 Å². The van der Waals surface area contributed by atoms with Gasteiger partial charge >= 0.3 is 0 Å². The molecule has 2 aromatic rings. The van der Waals surface area contributed by atoms with E-state index in [9.17, 15) is 13.2 Å². The van der Waals surface area contributed by atoms with Crippen molar-refractivity contribution in [3.63, 3.8) is 0 Å². The molecule has 8 heteroatoms. The Morgan fingerprint density at radius 1 is 1.19 bits per heavy atom. The molecule has 7 nitrogen and oxygen atoms in total. The van der Waals surface area contributed by atoms with Gasteiger partial charge < -0.3 is 10.6 Å². The summed E-state index contributed by atoms with van der Waals surface area (Å²) < 4.78 is 27.6. The molecule has 0 aromatic heterocycles. The average molecular weight is 443 g/mol. The van der Waals surface area contributed by atoms with E-state index in [4.69, 9.17) is 11.1 Å². The maximum Gasteiger partial charge on any atom is 0.232 e. The van der Waals surface area contributed by atoms with Crippen LogP contribution in [0.4, 0.5) is 11.4 Å². The summed E-state index contributed by atoms with van der Waals surface area (Å²) in [4.78, 5) is 14.8. The Labute approximate surface area is 184 Å². The monoisotopic (exact) mass is 442 g/mol. The van der Waals surface area contributed by atoms with E-state index >= 15 is 0 Å². The third-order valence-corrected chi connectivity index (χ3v) is 6.80. The van der Waals surface area contributed by atoms with Crippen LogP contribution >= 0.6 is 0 Å². The summed E-state index contributed by atoms with van der Waals surface area (Å²) in [6.45, 7) is 2.52. The summed E-state index contributed by atoms with van der Waals surface area (Å²) in [6.07, 6.45) is 3.93. The molecule has 4 N–H and O–H groups in total. The van der Waals surface area contributed by atoms with Crippen molar-refractivity contribution in [1.29, 1.82) is 5.41 Å². The van der Waals surface area contributed by atoms with Crippen molar-refractivity contribution in [2.45, 2.75) is 45.4 Å². The van der Waals surface area contributed by atoms with E-state index in [1.165, 1.54) is 0 Å². The fourth-order valence-electron chi connectivity index (χ4n) is 3.77. The van der Waals surface area contributed by atoms with Crippen molar-refractivity contribution in [1.82, 2.24) is 0 Å². The van der Waals surface area contributed by atoms with Crippen LogP contribution < -0.4 is 15.4 Å². The maximum atomic E-state index is 13.1. The number of para-hydroxylation sites is 1. The number of nitrogens with zero attached hydrogens (tertiary/aromatic N) is 1. The molecule has 31 heavy (non-hydrogen) atoms. The second kappa shape index (κ2) is 9.96. The molecule has 1 amide bonds. The number of amidine groups is 1. The van der Waals surface area contributed by atoms with Crippen LogP contribution in [-0.2, 0) is 27.7 Å². The molecule has 0 aliphatic carbocycles. The molecule has 0 saturated carbocycles. The summed E-state index contributed by atoms with van der Waals surface area (Å²) in [5.41, 5.74) is 9.28. The zero-order valence-electron chi connectivity index (χ0n) is 17.9. The second-order valence-corrected chi connectivity index (χ2v) is 9.69. The number of hydrogen-bond donors (Lipinski definition) is 3. The Hall–Kier alpha value is -2.87. The van der Waals surface area contributed by atoms with E-state index < -0.39 is 10.0 Å². The number of benzene rings is 2. The molecular weight excluding hydrogens is 412 g/mol. The second-order valence-electron chi connectivity index (χ2n) is 7.85. The van der Waals surface area contributed by atoms with Gasteiger partial charge in [0.2, 0.25) is 15.9 Å². The lowest BCUT2D eigenvalue weighted by atomic mass is 9.99. The fourth-order valence-corrected chi connectivity index (χ4v) is 5.04. The minimum atomic E-state index is -3.46. The Kier molecular flexibility index (Phi) is 7.33. The first-order valence-electron chi connectivity index (χ1n) is 10.7. The average Bonchev–Trinajstić information content (AvgIpc) is 2.76. The molecule has 0 spiro atoms. The minimum Gasteiger partial charge on any atom is -0.384 e. The first-order valence-corrected chi connectivity index (χ1v) is 12.3. The Morgan fingerprint density at radius 3 is 2.61 bits per heavy atom. The smallest absolute Gasteiger partial charge is 0.232 e. The summed E-state index contributed by atoms with van der Waals surface area (Å²) >= 11 is 0. The van der Waals surface area contributed by atoms with Crippen molar-refractivity contribution < 1.29 is 13.2 Å². The molecule has 1 aliphatic heterocycles. The maximum absolute atomic E-state index is 13.1. The highest BCUT2D eigenvalue weighted by Crippen LogP contribution is 2.35. The molecule has 2 aromatic carbocycles. The van der Waals surface area contributed by atoms with Gasteiger partial charge in [-0.25, -0.2) is 8.42 Å². The van der Waals surface area contributed by atoms with Crippen LogP contribution in [0.5, 0.6) is 0 Å². The summed E-state index contributed by atoms with van der Waals surface area (Å²) in [5, 5.41) is 7.47. The highest BCUT2D eigenvalue weighted by atomic mass is 32.2. The third-order valence-electron chi connectivity index (χ3n) is 5.44. The number of aryl methyl sites for hydroxylation is 2. The normalized spacial score (nSPS) is 13.5. The van der Waals surface area contributed by atoms with Gasteiger partial charge in [0.1, 0.15) is 5.84 Å². The zero-order valence-corrected chi connectivity index (χ0v) is 18.7. The van der Waals surface area contributed by atoms with Gasteiger partial charge in [0.15, 0.2) is 0 Å². The van der Waals surface area contributed by atoms with E-state index in [0.717, 1.165) is 30.4 Å². The van der Waals surface area contributed by atoms with Crippen molar-refractivity contribution in [3.8, 4) is 0 Å². The number of carbonyl (C=O) groups is 1. The first kappa shape index (κ1) is 22.8. The SMILES string of the molecule is CCCCS(=O)(=O)Nc1cccc2c1N(C(=O)CCc1ccc(C(=N)N)cc1)CCC2. The van der Waals surface area contributed by atoms with Crippen molar-refractivity contribution >= 4 is 33.1 Å². The van der Waals surface area contributed by atoms with Crippen LogP contribution in [0, 0.1) is 5.41 Å². The van der Waals surface area contributed by atoms with E-state index in [1.54, 1.807) is 23.1 Å². The first-order chi connectivity index (χ1) is 14.8. The number of nitrogen functional groups attached to an aromatic ring is 1. The Morgan fingerprint density at radius 2 is 1.94 bits per heavy atom. The van der Waals surface area contributed by atoms with Crippen LogP contribution in [0.1, 0.15) is 49.3 Å². The molecule has 0 saturated heterocycles. The lowest BCUT2D eigenvalue weighted by Crippen LogP contribution is -2.36. The number of sulfonamides is 1. The highest BCUT2D eigenvalue weighted by molar-refractivity contribution is 7.92. The van der Waals surface area contributed by atoms with Gasteiger partial charge in [0.25, 0.3) is 0 Å². The predicted molar refractivity (Wildman–Crippen MR) is 125 cm³/mol. The van der Waals surface area contributed by atoms with Crippen LogP contribution in [-0.4, -0.2) is 32.5 Å². The van der Waals surface area contributed by atoms with Gasteiger partial charge in [-0.15, -0.1) is 0 Å². The molecule has 1 heterocycles. The third kappa shape index (κ3) is 5.85. The molecule has 0 atom stereocenters. The van der Waals surface area contributed by atoms with Gasteiger partial charge in [-0.05, 0) is 42.9 Å². The Bertz CT molecular complexity index is 1050. The zero-order chi connectivity index (χ0) is 22.4. The molecule has 0 fully saturated rings. The minimum absolute atomic E-state index is 0.0152. The summed E-state index contributed by atoms with van der Waals surface area (Å²) in [5.74, 6) is 0.0513. The number of amides is 1. The topological polar surface area (TPSA) is 116 Å². The standard InChI is InChI=1S/C23H30N4O3S/c1-2-3-16-31(29,30)26-20-8-4-6-18-7-5-15-27(22(18)20)21(28)14-11-17-9-12-19(13-10-17)23(24)25/h4,6,8-10,12-13,26H,2-3,5,7,11,14-16H2,1H3,(H3,24,25). The number of nitrogens with two attached hydrogens (primary N) is 1. The molecule has 1 aliphatic rings. The lowest BCUT2D eigenvalue weighted by molar-refractivity contribution is -0.118. The van der Waals surface area contributed by atoms with E-state index in [1.807, 2.05) is 31.2 Å². The van der Waals surface area contributed by atoms with Crippen molar-refractivity contribution in [3.05, 3.63) is 59.2 Å². The van der Waals surface area contributed by atoms with Crippen molar-refractivity contribution in [2.75, 3.05) is 21.9 Å². The molecule has 166 valence electrons. The molecule has 0 bridgehead atoms. The molecular formula is C23H30N4O3S. The fraction of sp³-hybridized carbons (Fsp3) is 0.391. The lowest BCUT2D eigenvalue weighted by Gasteiger charge is -2.32. The molecule has 0 radical (unpaired) electrons. The van der Waals surface area contributed by atoms with Crippen molar-refractivity contribution in [2.24, 2.45) is 5.73 Å². The summed E-state index contributed by atoms with van der Waals surface area (Å²) in [6, 6.07) is 12.8. The highest BCUT2D eigenvalue weighted by Gasteiger charge is 2.26. The predicted octanol–water partition coefficient (Wildman–Crippen LogP) is 3.42. The number of anilines is 2.